The summed E-state index contributed by atoms with van der Waals surface area (Å²) in [7, 11) is 1.59. The molecule has 1 aromatic heterocycles. The molecule has 0 bridgehead atoms. The summed E-state index contributed by atoms with van der Waals surface area (Å²) in [5, 5.41) is 13.4. The van der Waals surface area contributed by atoms with Crippen molar-refractivity contribution in [2.75, 3.05) is 26.9 Å². The molecule has 0 radical (unpaired) electrons. The number of ketones is 1. The highest BCUT2D eigenvalue weighted by Gasteiger charge is 2.49. The standard InChI is InChI=1S/C27H32N4O5/c1-35-24-7-3-5-20-19(24)13-21(30-20)26(34)31-16-27(8-10-36-11-9-27)14-22(31)25(33)29-18(15-28)12-17-4-2-6-23(17)32/h3,5,7,13,17-18,22,30H,2,4,6,8-12,14,16H2,1H3,(H,29,33). The van der Waals surface area contributed by atoms with Gasteiger partial charge in [0.15, 0.2) is 0 Å². The van der Waals surface area contributed by atoms with Crippen molar-refractivity contribution in [3.8, 4) is 11.8 Å². The molecule has 2 N–H and O–H groups in total. The number of methoxy groups -OCH3 is 1. The number of H-pyrrole nitrogens is 1. The molecule has 1 aliphatic carbocycles. The molecule has 1 aromatic carbocycles. The zero-order valence-corrected chi connectivity index (χ0v) is 20.5. The van der Waals surface area contributed by atoms with Gasteiger partial charge in [-0.2, -0.15) is 5.26 Å². The van der Waals surface area contributed by atoms with E-state index in [1.54, 1.807) is 18.1 Å². The lowest BCUT2D eigenvalue weighted by molar-refractivity contribution is -0.126. The molecule has 2 saturated heterocycles. The number of benzene rings is 1. The minimum Gasteiger partial charge on any atom is -0.496 e. The summed E-state index contributed by atoms with van der Waals surface area (Å²) in [6.07, 6.45) is 4.54. The number of aromatic nitrogens is 1. The Morgan fingerprint density at radius 3 is 2.86 bits per heavy atom. The van der Waals surface area contributed by atoms with Crippen LogP contribution in [0.3, 0.4) is 0 Å². The zero-order chi connectivity index (χ0) is 25.3. The molecule has 2 amide bonds. The largest absolute Gasteiger partial charge is 0.496 e. The Bertz CT molecular complexity index is 1210. The minimum atomic E-state index is -0.759. The van der Waals surface area contributed by atoms with Gasteiger partial charge in [-0.05, 0) is 62.1 Å². The second-order valence-corrected chi connectivity index (χ2v) is 10.4. The molecule has 1 saturated carbocycles. The lowest BCUT2D eigenvalue weighted by atomic mass is 9.78. The van der Waals surface area contributed by atoms with Crippen LogP contribution in [-0.2, 0) is 14.3 Å². The summed E-state index contributed by atoms with van der Waals surface area (Å²) >= 11 is 0. The highest BCUT2D eigenvalue weighted by atomic mass is 16.5. The van der Waals surface area contributed by atoms with Crippen molar-refractivity contribution >= 4 is 28.5 Å². The van der Waals surface area contributed by atoms with Crippen LogP contribution < -0.4 is 10.1 Å². The van der Waals surface area contributed by atoms with Crippen LogP contribution in [0, 0.1) is 22.7 Å². The number of amides is 2. The van der Waals surface area contributed by atoms with Gasteiger partial charge in [-0.1, -0.05) is 6.07 Å². The van der Waals surface area contributed by atoms with Gasteiger partial charge < -0.3 is 24.7 Å². The Labute approximate surface area is 210 Å². The molecule has 2 aliphatic heterocycles. The van der Waals surface area contributed by atoms with E-state index in [9.17, 15) is 19.6 Å². The summed E-state index contributed by atoms with van der Waals surface area (Å²) in [6.45, 7) is 1.66. The lowest BCUT2D eigenvalue weighted by Crippen LogP contribution is -2.49. The van der Waals surface area contributed by atoms with E-state index in [1.165, 1.54) is 0 Å². The summed E-state index contributed by atoms with van der Waals surface area (Å²) in [5.41, 5.74) is 0.984. The van der Waals surface area contributed by atoms with Crippen molar-refractivity contribution in [2.24, 2.45) is 11.3 Å². The first-order chi connectivity index (χ1) is 17.4. The quantitative estimate of drug-likeness (QED) is 0.639. The maximum absolute atomic E-state index is 13.8. The van der Waals surface area contributed by atoms with Gasteiger partial charge >= 0.3 is 0 Å². The van der Waals surface area contributed by atoms with E-state index in [1.807, 2.05) is 18.2 Å². The van der Waals surface area contributed by atoms with Crippen LogP contribution in [0.15, 0.2) is 24.3 Å². The predicted octanol–water partition coefficient (Wildman–Crippen LogP) is 2.96. The van der Waals surface area contributed by atoms with E-state index in [4.69, 9.17) is 9.47 Å². The van der Waals surface area contributed by atoms with Crippen molar-refractivity contribution in [2.45, 2.75) is 57.0 Å². The summed E-state index contributed by atoms with van der Waals surface area (Å²) in [4.78, 5) is 44.2. The summed E-state index contributed by atoms with van der Waals surface area (Å²) < 4.78 is 11.0. The van der Waals surface area contributed by atoms with Crippen LogP contribution in [0.25, 0.3) is 10.9 Å². The third-order valence-corrected chi connectivity index (χ3v) is 8.12. The second kappa shape index (κ2) is 9.94. The van der Waals surface area contributed by atoms with E-state index >= 15 is 0 Å². The number of hydrogen-bond acceptors (Lipinski definition) is 6. The fourth-order valence-electron chi connectivity index (χ4n) is 6.08. The Balaban J connectivity index is 1.39. The fourth-order valence-corrected chi connectivity index (χ4v) is 6.08. The van der Waals surface area contributed by atoms with Gasteiger partial charge in [0.1, 0.15) is 29.3 Å². The molecule has 2 aromatic rings. The minimum absolute atomic E-state index is 0.164. The van der Waals surface area contributed by atoms with Crippen molar-refractivity contribution in [3.63, 3.8) is 0 Å². The number of nitrogens with zero attached hydrogens (tertiary/aromatic N) is 2. The van der Waals surface area contributed by atoms with E-state index in [0.29, 0.717) is 50.5 Å². The summed E-state index contributed by atoms with van der Waals surface area (Å²) in [5.74, 6) is 0.0587. The smallest absolute Gasteiger partial charge is 0.271 e. The van der Waals surface area contributed by atoms with Crippen LogP contribution in [0.2, 0.25) is 0 Å². The lowest BCUT2D eigenvalue weighted by Gasteiger charge is -2.32. The Morgan fingerprint density at radius 1 is 1.36 bits per heavy atom. The number of carbonyl (C=O) groups is 3. The average molecular weight is 493 g/mol. The van der Waals surface area contributed by atoms with E-state index in [-0.39, 0.29) is 28.9 Å². The normalized spacial score (nSPS) is 24.1. The number of likely N-dealkylation sites (tertiary alicyclic amines) is 1. The molecule has 9 heteroatoms. The monoisotopic (exact) mass is 492 g/mol. The van der Waals surface area contributed by atoms with Gasteiger partial charge in [0.25, 0.3) is 5.91 Å². The van der Waals surface area contributed by atoms with Crippen molar-refractivity contribution in [1.82, 2.24) is 15.2 Å². The molecule has 36 heavy (non-hydrogen) atoms. The van der Waals surface area contributed by atoms with Gasteiger partial charge in [-0.15, -0.1) is 0 Å². The number of nitrogens with one attached hydrogen (secondary N) is 2. The van der Waals surface area contributed by atoms with Crippen LogP contribution in [0.1, 0.15) is 55.4 Å². The Hall–Kier alpha value is -3.38. The number of rotatable bonds is 6. The molecule has 3 unspecified atom stereocenters. The van der Waals surface area contributed by atoms with Crippen LogP contribution >= 0.6 is 0 Å². The van der Waals surface area contributed by atoms with Gasteiger partial charge in [0.05, 0.1) is 13.2 Å². The number of fused-ring (bicyclic) bond motifs is 1. The Morgan fingerprint density at radius 2 is 2.17 bits per heavy atom. The first-order valence-electron chi connectivity index (χ1n) is 12.7. The average Bonchev–Trinajstić information content (AvgIpc) is 3.60. The van der Waals surface area contributed by atoms with Crippen molar-refractivity contribution in [1.29, 1.82) is 5.26 Å². The van der Waals surface area contributed by atoms with Crippen molar-refractivity contribution < 1.29 is 23.9 Å². The molecule has 5 rings (SSSR count). The van der Waals surface area contributed by atoms with Gasteiger partial charge in [-0.25, -0.2) is 0 Å². The van der Waals surface area contributed by atoms with Crippen LogP contribution in [0.4, 0.5) is 0 Å². The number of ether oxygens (including phenoxy) is 2. The fraction of sp³-hybridized carbons (Fsp3) is 0.556. The molecule has 1 spiro atoms. The number of nitriles is 1. The van der Waals surface area contributed by atoms with Crippen molar-refractivity contribution in [3.05, 3.63) is 30.0 Å². The van der Waals surface area contributed by atoms with Crippen LogP contribution in [0.5, 0.6) is 5.75 Å². The number of Topliss-reactive ketones (excluding diaryl/α,β-unsaturated/α-hetero) is 1. The molecule has 3 atom stereocenters. The Kier molecular flexibility index (Phi) is 6.71. The molecular weight excluding hydrogens is 460 g/mol. The first kappa shape index (κ1) is 24.3. The molecule has 190 valence electrons. The van der Waals surface area contributed by atoms with Gasteiger partial charge in [0, 0.05) is 43.0 Å². The number of carbonyl (C=O) groups excluding carboxylic acids is 3. The summed E-state index contributed by atoms with van der Waals surface area (Å²) in [6, 6.07) is 8.04. The maximum Gasteiger partial charge on any atom is 0.271 e. The van der Waals surface area contributed by atoms with Gasteiger partial charge in [0.2, 0.25) is 5.91 Å². The van der Waals surface area contributed by atoms with Crippen LogP contribution in [-0.4, -0.2) is 66.4 Å². The number of hydrogen-bond donors (Lipinski definition) is 2. The third kappa shape index (κ3) is 4.58. The third-order valence-electron chi connectivity index (χ3n) is 8.12. The molecule has 9 nitrogen and oxygen atoms in total. The van der Waals surface area contributed by atoms with E-state index in [2.05, 4.69) is 16.4 Å². The topological polar surface area (TPSA) is 125 Å². The molecule has 3 aliphatic rings. The van der Waals surface area contributed by atoms with Gasteiger partial charge in [-0.3, -0.25) is 14.4 Å². The highest BCUT2D eigenvalue weighted by Crippen LogP contribution is 2.43. The predicted molar refractivity (Wildman–Crippen MR) is 131 cm³/mol. The maximum atomic E-state index is 13.8. The zero-order valence-electron chi connectivity index (χ0n) is 20.5. The first-order valence-corrected chi connectivity index (χ1v) is 12.7. The SMILES string of the molecule is COc1cccc2[nH]c(C(=O)N3CC4(CCOCC4)CC3C(=O)NC(C#N)CC3CCCC3=O)cc12. The van der Waals surface area contributed by atoms with E-state index in [0.717, 1.165) is 36.6 Å². The molecule has 3 heterocycles. The number of aromatic amines is 1. The molecule has 3 fully saturated rings. The highest BCUT2D eigenvalue weighted by molar-refractivity contribution is 6.02. The molecular formula is C27H32N4O5. The van der Waals surface area contributed by atoms with E-state index < -0.39 is 12.1 Å². The second-order valence-electron chi connectivity index (χ2n) is 10.4.